The Bertz CT molecular complexity index is 838. The van der Waals surface area contributed by atoms with Crippen molar-refractivity contribution < 1.29 is 4.74 Å². The summed E-state index contributed by atoms with van der Waals surface area (Å²) < 4.78 is 7.49. The zero-order valence-electron chi connectivity index (χ0n) is 18.0. The van der Waals surface area contributed by atoms with Gasteiger partial charge in [-0.15, -0.1) is 24.0 Å². The molecule has 2 fully saturated rings. The average molecular weight is 525 g/mol. The Morgan fingerprint density at radius 3 is 2.80 bits per heavy atom. The molecule has 4 rings (SSSR count). The van der Waals surface area contributed by atoms with Crippen LogP contribution < -0.4 is 10.2 Å². The fourth-order valence-corrected chi connectivity index (χ4v) is 4.12. The van der Waals surface area contributed by atoms with E-state index < -0.39 is 0 Å². The predicted octanol–water partition coefficient (Wildman–Crippen LogP) is 2.22. The largest absolute Gasteiger partial charge is 0.375 e. The van der Waals surface area contributed by atoms with Gasteiger partial charge in [0, 0.05) is 65.1 Å². The number of aryl methyl sites for hydroxylation is 1. The highest BCUT2D eigenvalue weighted by Crippen LogP contribution is 2.26. The van der Waals surface area contributed by atoms with Crippen LogP contribution in [-0.2, 0) is 18.3 Å². The quantitative estimate of drug-likeness (QED) is 0.375. The van der Waals surface area contributed by atoms with Crippen LogP contribution in [0.5, 0.6) is 0 Å². The monoisotopic (exact) mass is 525 g/mol. The standard InChI is InChI=1S/C21H31N7O.HI/c1-16-13-27(8-9-29-16)20-5-4-17(10-23-20)11-24-21(22-2)28-7-6-18(15-28)19-12-25-26(3)14-19;/h4-5,10,12,14,16,18H,6-9,11,13,15H2,1-3H3,(H,22,24);1H. The molecule has 0 radical (unpaired) electrons. The van der Waals surface area contributed by atoms with Crippen molar-refractivity contribution in [3.8, 4) is 0 Å². The van der Waals surface area contributed by atoms with E-state index in [4.69, 9.17) is 4.74 Å². The molecule has 2 atom stereocenters. The number of pyridine rings is 1. The van der Waals surface area contributed by atoms with Crippen LogP contribution in [0.25, 0.3) is 0 Å². The minimum absolute atomic E-state index is 0. The summed E-state index contributed by atoms with van der Waals surface area (Å²) in [7, 11) is 3.82. The lowest BCUT2D eigenvalue weighted by molar-refractivity contribution is 0.0529. The molecule has 4 heterocycles. The second-order valence-corrected chi connectivity index (χ2v) is 7.93. The summed E-state index contributed by atoms with van der Waals surface area (Å²) in [5.74, 6) is 2.48. The molecule has 0 spiro atoms. The first-order valence-corrected chi connectivity index (χ1v) is 10.4. The number of anilines is 1. The van der Waals surface area contributed by atoms with Gasteiger partial charge in [0.25, 0.3) is 0 Å². The molecule has 2 aromatic heterocycles. The molecule has 1 N–H and O–H groups in total. The van der Waals surface area contributed by atoms with Gasteiger partial charge in [0.1, 0.15) is 5.82 Å². The van der Waals surface area contributed by atoms with E-state index in [2.05, 4.69) is 55.4 Å². The van der Waals surface area contributed by atoms with E-state index in [-0.39, 0.29) is 30.1 Å². The number of halogens is 1. The van der Waals surface area contributed by atoms with Crippen molar-refractivity contribution in [2.75, 3.05) is 44.7 Å². The van der Waals surface area contributed by atoms with Crippen LogP contribution in [-0.4, -0.2) is 71.6 Å². The van der Waals surface area contributed by atoms with Crippen LogP contribution in [0.15, 0.2) is 35.7 Å². The third-order valence-electron chi connectivity index (χ3n) is 5.72. The molecule has 2 unspecified atom stereocenters. The third kappa shape index (κ3) is 5.42. The Hall–Kier alpha value is -1.88. The second-order valence-electron chi connectivity index (χ2n) is 7.93. The second kappa shape index (κ2) is 10.4. The zero-order chi connectivity index (χ0) is 20.2. The molecule has 8 nitrogen and oxygen atoms in total. The van der Waals surface area contributed by atoms with Gasteiger partial charge in [-0.25, -0.2) is 4.98 Å². The number of ether oxygens (including phenoxy) is 1. The Morgan fingerprint density at radius 2 is 2.13 bits per heavy atom. The van der Waals surface area contributed by atoms with Crippen LogP contribution in [0.3, 0.4) is 0 Å². The van der Waals surface area contributed by atoms with E-state index in [1.165, 1.54) is 5.56 Å². The molecule has 2 saturated heterocycles. The fourth-order valence-electron chi connectivity index (χ4n) is 4.12. The van der Waals surface area contributed by atoms with Crippen LogP contribution >= 0.6 is 24.0 Å². The first-order chi connectivity index (χ1) is 14.1. The lowest BCUT2D eigenvalue weighted by Gasteiger charge is -2.32. The molecule has 2 aliphatic rings. The van der Waals surface area contributed by atoms with E-state index in [1.807, 2.05) is 31.2 Å². The summed E-state index contributed by atoms with van der Waals surface area (Å²) in [5.41, 5.74) is 2.46. The number of guanidine groups is 1. The van der Waals surface area contributed by atoms with Crippen molar-refractivity contribution >= 4 is 35.8 Å². The molecule has 0 saturated carbocycles. The number of likely N-dealkylation sites (tertiary alicyclic amines) is 1. The van der Waals surface area contributed by atoms with Gasteiger partial charge in [-0.1, -0.05) is 6.07 Å². The van der Waals surface area contributed by atoms with E-state index in [1.54, 1.807) is 0 Å². The zero-order valence-corrected chi connectivity index (χ0v) is 20.3. The number of aromatic nitrogens is 3. The number of nitrogens with one attached hydrogen (secondary N) is 1. The molecule has 2 aliphatic heterocycles. The molecule has 0 amide bonds. The van der Waals surface area contributed by atoms with Gasteiger partial charge in [-0.05, 0) is 30.5 Å². The number of aliphatic imine (C=N–C) groups is 1. The minimum atomic E-state index is 0. The van der Waals surface area contributed by atoms with Gasteiger partial charge in [-0.3, -0.25) is 9.67 Å². The lowest BCUT2D eigenvalue weighted by atomic mass is 10.0. The van der Waals surface area contributed by atoms with Crippen molar-refractivity contribution in [1.29, 1.82) is 0 Å². The van der Waals surface area contributed by atoms with E-state index in [9.17, 15) is 0 Å². The van der Waals surface area contributed by atoms with E-state index >= 15 is 0 Å². The van der Waals surface area contributed by atoms with Crippen molar-refractivity contribution in [2.24, 2.45) is 12.0 Å². The maximum atomic E-state index is 5.61. The van der Waals surface area contributed by atoms with E-state index in [0.29, 0.717) is 12.5 Å². The summed E-state index contributed by atoms with van der Waals surface area (Å²) in [6, 6.07) is 4.25. The molecule has 30 heavy (non-hydrogen) atoms. The number of rotatable bonds is 4. The topological polar surface area (TPSA) is 70.8 Å². The molecular weight excluding hydrogens is 493 g/mol. The summed E-state index contributed by atoms with van der Waals surface area (Å²) in [6.07, 6.45) is 7.43. The lowest BCUT2D eigenvalue weighted by Crippen LogP contribution is -2.41. The first-order valence-electron chi connectivity index (χ1n) is 10.4. The third-order valence-corrected chi connectivity index (χ3v) is 5.72. The number of hydrogen-bond donors (Lipinski definition) is 1. The Morgan fingerprint density at radius 1 is 1.27 bits per heavy atom. The molecule has 0 aromatic carbocycles. The average Bonchev–Trinajstić information content (AvgIpc) is 3.38. The maximum Gasteiger partial charge on any atom is 0.193 e. The summed E-state index contributed by atoms with van der Waals surface area (Å²) in [4.78, 5) is 13.8. The number of nitrogens with zero attached hydrogens (tertiary/aromatic N) is 6. The highest BCUT2D eigenvalue weighted by molar-refractivity contribution is 14.0. The number of hydrogen-bond acceptors (Lipinski definition) is 5. The van der Waals surface area contributed by atoms with Crippen molar-refractivity contribution in [3.63, 3.8) is 0 Å². The smallest absolute Gasteiger partial charge is 0.193 e. The SMILES string of the molecule is CN=C(NCc1ccc(N2CCOC(C)C2)nc1)N1CCC(c2cnn(C)c2)C1.I. The highest BCUT2D eigenvalue weighted by Gasteiger charge is 2.26. The number of morpholine rings is 1. The van der Waals surface area contributed by atoms with Crippen LogP contribution in [0.1, 0.15) is 30.4 Å². The highest BCUT2D eigenvalue weighted by atomic mass is 127. The van der Waals surface area contributed by atoms with Crippen LogP contribution in [0, 0.1) is 0 Å². The van der Waals surface area contributed by atoms with Crippen molar-refractivity contribution in [2.45, 2.75) is 31.9 Å². The van der Waals surface area contributed by atoms with Gasteiger partial charge >= 0.3 is 0 Å². The Labute approximate surface area is 195 Å². The van der Waals surface area contributed by atoms with Gasteiger partial charge in [-0.2, -0.15) is 5.10 Å². The summed E-state index contributed by atoms with van der Waals surface area (Å²) in [5, 5.41) is 7.80. The Kier molecular flexibility index (Phi) is 7.93. The fraction of sp³-hybridized carbons (Fsp3) is 0.571. The Balaban J connectivity index is 0.00000256. The van der Waals surface area contributed by atoms with Crippen molar-refractivity contribution in [3.05, 3.63) is 41.9 Å². The van der Waals surface area contributed by atoms with Gasteiger partial charge in [0.15, 0.2) is 5.96 Å². The molecule has 164 valence electrons. The predicted molar refractivity (Wildman–Crippen MR) is 130 cm³/mol. The van der Waals surface area contributed by atoms with Gasteiger partial charge in [0.2, 0.25) is 0 Å². The minimum Gasteiger partial charge on any atom is -0.375 e. The molecule has 2 aromatic rings. The molecular formula is C21H32IN7O. The van der Waals surface area contributed by atoms with Crippen molar-refractivity contribution in [1.82, 2.24) is 25.0 Å². The maximum absolute atomic E-state index is 5.61. The van der Waals surface area contributed by atoms with Gasteiger partial charge < -0.3 is 19.9 Å². The summed E-state index contributed by atoms with van der Waals surface area (Å²) >= 11 is 0. The summed E-state index contributed by atoms with van der Waals surface area (Å²) in [6.45, 7) is 7.35. The molecule has 9 heteroatoms. The normalized spacial score (nSPS) is 22.2. The first kappa shape index (κ1) is 22.8. The van der Waals surface area contributed by atoms with E-state index in [0.717, 1.165) is 56.5 Å². The van der Waals surface area contributed by atoms with Gasteiger partial charge in [0.05, 0.1) is 18.9 Å². The van der Waals surface area contributed by atoms with Crippen LogP contribution in [0.4, 0.5) is 5.82 Å². The van der Waals surface area contributed by atoms with Crippen LogP contribution in [0.2, 0.25) is 0 Å². The molecule has 0 aliphatic carbocycles. The molecule has 0 bridgehead atoms.